The lowest BCUT2D eigenvalue weighted by molar-refractivity contribution is 0.468. The average Bonchev–Trinajstić information content (AvgIpc) is 2.92. The molecule has 2 aromatic rings. The minimum atomic E-state index is -3.48. The van der Waals surface area contributed by atoms with Gasteiger partial charge in [-0.2, -0.15) is 0 Å². The van der Waals surface area contributed by atoms with Crippen LogP contribution in [0.1, 0.15) is 30.3 Å². The molecule has 0 bridgehead atoms. The van der Waals surface area contributed by atoms with Gasteiger partial charge in [-0.3, -0.25) is 0 Å². The number of rotatable bonds is 6. The van der Waals surface area contributed by atoms with E-state index in [2.05, 4.69) is 4.72 Å². The smallest absolute Gasteiger partial charge is 0.212 e. The lowest BCUT2D eigenvalue weighted by Gasteiger charge is -2.21. The molecule has 1 aromatic carbocycles. The predicted octanol–water partition coefficient (Wildman–Crippen LogP) is 3.70. The van der Waals surface area contributed by atoms with Crippen molar-refractivity contribution in [3.8, 4) is 0 Å². The van der Waals surface area contributed by atoms with E-state index in [1.165, 1.54) is 35.6 Å². The van der Waals surface area contributed by atoms with Gasteiger partial charge in [0.2, 0.25) is 10.0 Å². The number of halogens is 1. The third-order valence-electron chi connectivity index (χ3n) is 3.09. The third-order valence-corrected chi connectivity index (χ3v) is 5.37. The summed E-state index contributed by atoms with van der Waals surface area (Å²) in [6.07, 6.45) is 0. The highest BCUT2D eigenvalue weighted by atomic mass is 32.2. The number of nitrogens with one attached hydrogen (secondary N) is 1. The first-order valence-corrected chi connectivity index (χ1v) is 9.18. The Kier molecular flexibility index (Phi) is 5.13. The van der Waals surface area contributed by atoms with Crippen LogP contribution < -0.4 is 4.72 Å². The molecule has 0 aliphatic carbocycles. The molecule has 114 valence electrons. The monoisotopic (exact) mass is 327 g/mol. The van der Waals surface area contributed by atoms with Gasteiger partial charge in [0.05, 0.1) is 11.8 Å². The normalized spacial score (nSPS) is 13.5. The molecule has 1 aromatic heterocycles. The Balaban J connectivity index is 2.13. The molecule has 0 amide bonds. The van der Waals surface area contributed by atoms with Gasteiger partial charge in [-0.25, -0.2) is 17.5 Å². The molecular formula is C15H18FNO2S2. The molecule has 21 heavy (non-hydrogen) atoms. The molecule has 0 aliphatic heterocycles. The van der Waals surface area contributed by atoms with Crippen LogP contribution in [-0.4, -0.2) is 8.42 Å². The van der Waals surface area contributed by atoms with Gasteiger partial charge in [0.25, 0.3) is 0 Å². The van der Waals surface area contributed by atoms with Crippen molar-refractivity contribution in [2.75, 3.05) is 0 Å². The molecule has 1 atom stereocenters. The molecule has 1 N–H and O–H groups in total. The minimum absolute atomic E-state index is 0.145. The summed E-state index contributed by atoms with van der Waals surface area (Å²) in [6.45, 7) is 3.95. The summed E-state index contributed by atoms with van der Waals surface area (Å²) in [5.41, 5.74) is 0.567. The molecule has 0 aliphatic rings. The topological polar surface area (TPSA) is 46.2 Å². The highest BCUT2D eigenvalue weighted by Gasteiger charge is 2.23. The van der Waals surface area contributed by atoms with Crippen LogP contribution in [0.4, 0.5) is 4.39 Å². The van der Waals surface area contributed by atoms with Gasteiger partial charge < -0.3 is 0 Å². The molecule has 0 unspecified atom stereocenters. The Bertz CT molecular complexity index is 664. The molecule has 1 heterocycles. The van der Waals surface area contributed by atoms with E-state index in [1.807, 2.05) is 31.4 Å². The van der Waals surface area contributed by atoms with Gasteiger partial charge >= 0.3 is 0 Å². The van der Waals surface area contributed by atoms with Gasteiger partial charge in [-0.15, -0.1) is 11.3 Å². The Hall–Kier alpha value is -1.24. The van der Waals surface area contributed by atoms with Crippen LogP contribution in [0.5, 0.6) is 0 Å². The van der Waals surface area contributed by atoms with Crippen LogP contribution in [0, 0.1) is 11.7 Å². The van der Waals surface area contributed by atoms with Crippen LogP contribution in [0.25, 0.3) is 0 Å². The Morgan fingerprint density at radius 1 is 1.19 bits per heavy atom. The Labute approximate surface area is 128 Å². The zero-order valence-electron chi connectivity index (χ0n) is 11.9. The molecule has 0 saturated carbocycles. The van der Waals surface area contributed by atoms with Gasteiger partial charge in [0.1, 0.15) is 5.82 Å². The standard InChI is InChI=1S/C15H18FNO2S2/c1-11(2)15(14-4-3-9-20-14)17-21(18,19)10-12-5-7-13(16)8-6-12/h3-9,11,15,17H,10H2,1-2H3/t15-/m1/s1. The zero-order valence-corrected chi connectivity index (χ0v) is 13.5. The van der Waals surface area contributed by atoms with E-state index in [1.54, 1.807) is 0 Å². The van der Waals surface area contributed by atoms with Crippen molar-refractivity contribution in [2.45, 2.75) is 25.6 Å². The van der Waals surface area contributed by atoms with E-state index in [4.69, 9.17) is 0 Å². The van der Waals surface area contributed by atoms with Crippen LogP contribution in [0.15, 0.2) is 41.8 Å². The van der Waals surface area contributed by atoms with Crippen molar-refractivity contribution in [3.05, 3.63) is 58.0 Å². The van der Waals surface area contributed by atoms with Gasteiger partial charge in [0, 0.05) is 4.88 Å². The predicted molar refractivity (Wildman–Crippen MR) is 84.1 cm³/mol. The van der Waals surface area contributed by atoms with Crippen molar-refractivity contribution in [1.82, 2.24) is 4.72 Å². The Morgan fingerprint density at radius 3 is 2.38 bits per heavy atom. The highest BCUT2D eigenvalue weighted by molar-refractivity contribution is 7.88. The van der Waals surface area contributed by atoms with E-state index in [0.717, 1.165) is 4.88 Å². The summed E-state index contributed by atoms with van der Waals surface area (Å²) in [6, 6.07) is 9.11. The van der Waals surface area contributed by atoms with Gasteiger partial charge in [-0.05, 0) is 35.1 Å². The molecule has 0 saturated heterocycles. The number of benzene rings is 1. The highest BCUT2D eigenvalue weighted by Crippen LogP contribution is 2.27. The summed E-state index contributed by atoms with van der Waals surface area (Å²) in [5.74, 6) is -0.378. The van der Waals surface area contributed by atoms with Crippen molar-refractivity contribution in [2.24, 2.45) is 5.92 Å². The molecule has 0 spiro atoms. The lowest BCUT2D eigenvalue weighted by atomic mass is 10.0. The van der Waals surface area contributed by atoms with E-state index >= 15 is 0 Å². The van der Waals surface area contributed by atoms with Crippen LogP contribution in [-0.2, 0) is 15.8 Å². The van der Waals surface area contributed by atoms with Gasteiger partial charge in [0.15, 0.2) is 0 Å². The first-order valence-electron chi connectivity index (χ1n) is 6.65. The molecule has 2 rings (SSSR count). The average molecular weight is 327 g/mol. The Morgan fingerprint density at radius 2 is 1.86 bits per heavy atom. The number of hydrogen-bond acceptors (Lipinski definition) is 3. The first kappa shape index (κ1) is 16.1. The second-order valence-electron chi connectivity index (χ2n) is 5.24. The maximum atomic E-state index is 12.9. The summed E-state index contributed by atoms with van der Waals surface area (Å²) in [5, 5.41) is 1.93. The molecule has 3 nitrogen and oxygen atoms in total. The molecule has 6 heteroatoms. The van der Waals surface area contributed by atoms with Crippen LogP contribution in [0.2, 0.25) is 0 Å². The minimum Gasteiger partial charge on any atom is -0.212 e. The van der Waals surface area contributed by atoms with Gasteiger partial charge in [-0.1, -0.05) is 32.0 Å². The van der Waals surface area contributed by atoms with Crippen LogP contribution >= 0.6 is 11.3 Å². The number of hydrogen-bond donors (Lipinski definition) is 1. The molecule has 0 radical (unpaired) electrons. The molecular weight excluding hydrogens is 309 g/mol. The maximum absolute atomic E-state index is 12.9. The quantitative estimate of drug-likeness (QED) is 0.879. The van der Waals surface area contributed by atoms with E-state index in [9.17, 15) is 12.8 Å². The van der Waals surface area contributed by atoms with Crippen molar-refractivity contribution in [3.63, 3.8) is 0 Å². The number of sulfonamides is 1. The fourth-order valence-electron chi connectivity index (χ4n) is 2.03. The van der Waals surface area contributed by atoms with Crippen molar-refractivity contribution >= 4 is 21.4 Å². The number of thiophene rings is 1. The fourth-order valence-corrected chi connectivity index (χ4v) is 4.55. The van der Waals surface area contributed by atoms with Crippen molar-refractivity contribution in [1.29, 1.82) is 0 Å². The summed E-state index contributed by atoms with van der Waals surface area (Å²) < 4.78 is 40.2. The van der Waals surface area contributed by atoms with E-state index in [-0.39, 0.29) is 23.5 Å². The fraction of sp³-hybridized carbons (Fsp3) is 0.333. The SMILES string of the molecule is CC(C)[C@@H](NS(=O)(=O)Cc1ccc(F)cc1)c1cccs1. The van der Waals surface area contributed by atoms with Crippen LogP contribution in [0.3, 0.4) is 0 Å². The second kappa shape index (κ2) is 6.68. The summed E-state index contributed by atoms with van der Waals surface area (Å²) in [4.78, 5) is 0.993. The maximum Gasteiger partial charge on any atom is 0.216 e. The molecule has 0 fully saturated rings. The second-order valence-corrected chi connectivity index (χ2v) is 7.97. The summed E-state index contributed by atoms with van der Waals surface area (Å²) in [7, 11) is -3.48. The van der Waals surface area contributed by atoms with E-state index in [0.29, 0.717) is 5.56 Å². The lowest BCUT2D eigenvalue weighted by Crippen LogP contribution is -2.32. The van der Waals surface area contributed by atoms with E-state index < -0.39 is 10.0 Å². The summed E-state index contributed by atoms with van der Waals surface area (Å²) >= 11 is 1.53. The zero-order chi connectivity index (χ0) is 15.5. The first-order chi connectivity index (χ1) is 9.87. The largest absolute Gasteiger partial charge is 0.216 e. The van der Waals surface area contributed by atoms with Crippen molar-refractivity contribution < 1.29 is 12.8 Å². The third kappa shape index (κ3) is 4.62.